The van der Waals surface area contributed by atoms with Crippen LogP contribution >= 0.6 is 0 Å². The van der Waals surface area contributed by atoms with Crippen molar-refractivity contribution in [3.63, 3.8) is 0 Å². The van der Waals surface area contributed by atoms with E-state index in [1.807, 2.05) is 61.5 Å². The zero-order valence-corrected chi connectivity index (χ0v) is 12.0. The molecule has 0 atom stereocenters. The molecule has 0 aliphatic heterocycles. The van der Waals surface area contributed by atoms with Crippen LogP contribution in [0.25, 0.3) is 5.57 Å². The second-order valence-electron chi connectivity index (χ2n) is 4.66. The maximum Gasteiger partial charge on any atom is 0.328 e. The van der Waals surface area contributed by atoms with Gasteiger partial charge >= 0.3 is 5.97 Å². The molecule has 21 heavy (non-hydrogen) atoms. The minimum absolute atomic E-state index is 0.520. The summed E-state index contributed by atoms with van der Waals surface area (Å²) in [5, 5.41) is 8.84. The molecule has 0 aromatic heterocycles. The third-order valence-electron chi connectivity index (χ3n) is 3.15. The van der Waals surface area contributed by atoms with Gasteiger partial charge < -0.3 is 9.84 Å². The summed E-state index contributed by atoms with van der Waals surface area (Å²) in [4.78, 5) is 10.8. The summed E-state index contributed by atoms with van der Waals surface area (Å²) >= 11 is 0. The lowest BCUT2D eigenvalue weighted by Gasteiger charge is -2.08. The summed E-state index contributed by atoms with van der Waals surface area (Å²) in [7, 11) is 0. The molecule has 2 aromatic rings. The van der Waals surface area contributed by atoms with Gasteiger partial charge in [0, 0.05) is 6.08 Å². The van der Waals surface area contributed by atoms with Crippen molar-refractivity contribution >= 4 is 11.5 Å². The van der Waals surface area contributed by atoms with Gasteiger partial charge in [-0.2, -0.15) is 0 Å². The molecule has 0 saturated heterocycles. The van der Waals surface area contributed by atoms with Gasteiger partial charge in [-0.05, 0) is 35.3 Å². The Labute approximate surface area is 124 Å². The van der Waals surface area contributed by atoms with E-state index in [9.17, 15) is 4.79 Å². The van der Waals surface area contributed by atoms with Crippen LogP contribution in [0.2, 0.25) is 0 Å². The van der Waals surface area contributed by atoms with E-state index < -0.39 is 5.97 Å². The first-order chi connectivity index (χ1) is 10.2. The van der Waals surface area contributed by atoms with Crippen molar-refractivity contribution in [2.45, 2.75) is 20.0 Å². The van der Waals surface area contributed by atoms with Crippen LogP contribution < -0.4 is 4.74 Å². The van der Waals surface area contributed by atoms with Crippen molar-refractivity contribution in [2.24, 2.45) is 0 Å². The number of ether oxygens (including phenoxy) is 1. The van der Waals surface area contributed by atoms with Crippen LogP contribution in [0, 0.1) is 0 Å². The fourth-order valence-electron chi connectivity index (χ4n) is 2.04. The number of carbonyl (C=O) groups is 1. The Morgan fingerprint density at radius 1 is 1.10 bits per heavy atom. The van der Waals surface area contributed by atoms with Crippen molar-refractivity contribution < 1.29 is 14.6 Å². The summed E-state index contributed by atoms with van der Waals surface area (Å²) in [6, 6.07) is 17.5. The Morgan fingerprint density at radius 3 is 2.33 bits per heavy atom. The highest BCUT2D eigenvalue weighted by atomic mass is 16.5. The highest BCUT2D eigenvalue weighted by Crippen LogP contribution is 2.21. The predicted octanol–water partition coefficient (Wildman–Crippen LogP) is 4.14. The Hall–Kier alpha value is -2.55. The van der Waals surface area contributed by atoms with Crippen LogP contribution in [0.15, 0.2) is 60.7 Å². The fraction of sp³-hybridized carbons (Fsp3) is 0.167. The topological polar surface area (TPSA) is 46.5 Å². The number of carboxylic acids is 1. The summed E-state index contributed by atoms with van der Waals surface area (Å²) in [5.41, 5.74) is 2.82. The Kier molecular flexibility index (Phi) is 5.16. The average molecular weight is 282 g/mol. The smallest absolute Gasteiger partial charge is 0.328 e. The lowest BCUT2D eigenvalue weighted by Crippen LogP contribution is -1.95. The van der Waals surface area contributed by atoms with Gasteiger partial charge in [-0.3, -0.25) is 0 Å². The van der Waals surface area contributed by atoms with Crippen LogP contribution in [0.3, 0.4) is 0 Å². The maximum absolute atomic E-state index is 10.8. The first-order valence-corrected chi connectivity index (χ1v) is 6.89. The second-order valence-corrected chi connectivity index (χ2v) is 4.66. The first kappa shape index (κ1) is 14.9. The molecule has 0 aliphatic carbocycles. The molecule has 0 amide bonds. The van der Waals surface area contributed by atoms with Crippen molar-refractivity contribution in [1.82, 2.24) is 0 Å². The molecule has 108 valence electrons. The van der Waals surface area contributed by atoms with Gasteiger partial charge in [0.15, 0.2) is 0 Å². The molecule has 0 bridgehead atoms. The van der Waals surface area contributed by atoms with E-state index in [1.54, 1.807) is 0 Å². The fourth-order valence-corrected chi connectivity index (χ4v) is 2.04. The number of aliphatic carboxylic acids is 1. The van der Waals surface area contributed by atoms with Crippen LogP contribution in [-0.4, -0.2) is 11.1 Å². The van der Waals surface area contributed by atoms with Crippen LogP contribution in [-0.2, 0) is 11.4 Å². The van der Waals surface area contributed by atoms with Crippen molar-refractivity contribution in [1.29, 1.82) is 0 Å². The normalized spacial score (nSPS) is 11.2. The predicted molar refractivity (Wildman–Crippen MR) is 83.1 cm³/mol. The van der Waals surface area contributed by atoms with Crippen molar-refractivity contribution in [2.75, 3.05) is 0 Å². The first-order valence-electron chi connectivity index (χ1n) is 6.89. The van der Waals surface area contributed by atoms with E-state index in [2.05, 4.69) is 0 Å². The van der Waals surface area contributed by atoms with Gasteiger partial charge in [0.05, 0.1) is 0 Å². The van der Waals surface area contributed by atoms with Crippen LogP contribution in [0.4, 0.5) is 0 Å². The van der Waals surface area contributed by atoms with Crippen molar-refractivity contribution in [3.8, 4) is 5.75 Å². The van der Waals surface area contributed by atoms with E-state index in [0.29, 0.717) is 13.0 Å². The van der Waals surface area contributed by atoms with Gasteiger partial charge in [0.2, 0.25) is 0 Å². The Bertz CT molecular complexity index is 613. The number of carboxylic acid groups (broad SMARTS) is 1. The van der Waals surface area contributed by atoms with Crippen LogP contribution in [0.1, 0.15) is 24.5 Å². The molecule has 3 nitrogen and oxygen atoms in total. The van der Waals surface area contributed by atoms with Crippen molar-refractivity contribution in [3.05, 3.63) is 71.8 Å². The minimum atomic E-state index is -0.920. The van der Waals surface area contributed by atoms with Gasteiger partial charge in [0.25, 0.3) is 0 Å². The summed E-state index contributed by atoms with van der Waals surface area (Å²) in [5.74, 6) is -0.148. The van der Waals surface area contributed by atoms with Gasteiger partial charge in [-0.1, -0.05) is 49.4 Å². The average Bonchev–Trinajstić information content (AvgIpc) is 2.52. The molecule has 2 aromatic carbocycles. The number of rotatable bonds is 6. The summed E-state index contributed by atoms with van der Waals surface area (Å²) < 4.78 is 5.71. The summed E-state index contributed by atoms with van der Waals surface area (Å²) in [6.45, 7) is 2.46. The molecule has 3 heteroatoms. The Morgan fingerprint density at radius 2 is 1.76 bits per heavy atom. The molecule has 0 spiro atoms. The standard InChI is InChI=1S/C18H18O3/c1-2-15(12-18(19)20)16-8-10-17(11-9-16)21-13-14-6-4-3-5-7-14/h3-12H,2,13H2,1H3,(H,19,20). The lowest BCUT2D eigenvalue weighted by molar-refractivity contribution is -0.131. The molecule has 0 radical (unpaired) electrons. The summed E-state index contributed by atoms with van der Waals surface area (Å²) in [6.07, 6.45) is 1.93. The molecule has 2 rings (SSSR count). The number of hydrogen-bond acceptors (Lipinski definition) is 2. The molecule has 1 N–H and O–H groups in total. The van der Waals surface area contributed by atoms with E-state index in [1.165, 1.54) is 6.08 Å². The third kappa shape index (κ3) is 4.49. The second kappa shape index (κ2) is 7.29. The zero-order chi connectivity index (χ0) is 15.1. The monoisotopic (exact) mass is 282 g/mol. The number of hydrogen-bond donors (Lipinski definition) is 1. The molecular weight excluding hydrogens is 264 g/mol. The molecule has 0 aliphatic rings. The zero-order valence-electron chi connectivity index (χ0n) is 12.0. The number of allylic oxidation sites excluding steroid dienone is 1. The lowest BCUT2D eigenvalue weighted by atomic mass is 10.0. The highest BCUT2D eigenvalue weighted by molar-refractivity contribution is 5.89. The Balaban J connectivity index is 2.03. The quantitative estimate of drug-likeness (QED) is 0.810. The molecule has 0 heterocycles. The molecule has 0 unspecified atom stereocenters. The number of benzene rings is 2. The third-order valence-corrected chi connectivity index (χ3v) is 3.15. The largest absolute Gasteiger partial charge is 0.489 e. The minimum Gasteiger partial charge on any atom is -0.489 e. The van der Waals surface area contributed by atoms with Gasteiger partial charge in [0.1, 0.15) is 12.4 Å². The molecule has 0 fully saturated rings. The van der Waals surface area contributed by atoms with E-state index in [4.69, 9.17) is 9.84 Å². The molecular formula is C18H18O3. The molecule has 0 saturated carbocycles. The van der Waals surface area contributed by atoms with Crippen LogP contribution in [0.5, 0.6) is 5.75 Å². The van der Waals surface area contributed by atoms with E-state index in [0.717, 1.165) is 22.4 Å². The van der Waals surface area contributed by atoms with Gasteiger partial charge in [-0.15, -0.1) is 0 Å². The van der Waals surface area contributed by atoms with Gasteiger partial charge in [-0.25, -0.2) is 4.79 Å². The SMILES string of the molecule is CCC(=CC(=O)O)c1ccc(OCc2ccccc2)cc1. The van der Waals surface area contributed by atoms with E-state index >= 15 is 0 Å². The highest BCUT2D eigenvalue weighted by Gasteiger charge is 2.03. The van der Waals surface area contributed by atoms with E-state index in [-0.39, 0.29) is 0 Å². The maximum atomic E-state index is 10.8.